The number of aromatic nitrogens is 1. The first-order chi connectivity index (χ1) is 13.3. The molecule has 1 N–H and O–H groups in total. The van der Waals surface area contributed by atoms with E-state index in [0.717, 1.165) is 12.1 Å². The zero-order valence-corrected chi connectivity index (χ0v) is 15.9. The van der Waals surface area contributed by atoms with Crippen molar-refractivity contribution in [2.75, 3.05) is 4.72 Å². The molecule has 3 aromatic rings. The SMILES string of the molecule is Cc1cc(COC(=O)c2ccccc2NS(=O)(=O)c2ccc(F)c(C)c2)no1. The number of carbonyl (C=O) groups is 1. The Morgan fingerprint density at radius 2 is 1.93 bits per heavy atom. The Morgan fingerprint density at radius 1 is 1.18 bits per heavy atom. The van der Waals surface area contributed by atoms with Gasteiger partial charge in [0.15, 0.2) is 0 Å². The summed E-state index contributed by atoms with van der Waals surface area (Å²) in [6, 6.07) is 11.1. The minimum atomic E-state index is -4.02. The van der Waals surface area contributed by atoms with Crippen molar-refractivity contribution >= 4 is 21.7 Å². The molecule has 0 saturated heterocycles. The summed E-state index contributed by atoms with van der Waals surface area (Å²) < 4.78 is 51.1. The molecule has 9 heteroatoms. The third kappa shape index (κ3) is 4.37. The first-order valence-electron chi connectivity index (χ1n) is 8.23. The van der Waals surface area contributed by atoms with Gasteiger partial charge in [0, 0.05) is 6.07 Å². The Kier molecular flexibility index (Phi) is 5.46. The summed E-state index contributed by atoms with van der Waals surface area (Å²) in [5.41, 5.74) is 0.708. The highest BCUT2D eigenvalue weighted by molar-refractivity contribution is 7.92. The van der Waals surface area contributed by atoms with E-state index in [2.05, 4.69) is 9.88 Å². The van der Waals surface area contributed by atoms with Gasteiger partial charge in [-0.2, -0.15) is 0 Å². The van der Waals surface area contributed by atoms with Gasteiger partial charge in [0.1, 0.15) is 23.9 Å². The van der Waals surface area contributed by atoms with E-state index in [4.69, 9.17) is 9.26 Å². The highest BCUT2D eigenvalue weighted by Crippen LogP contribution is 2.22. The van der Waals surface area contributed by atoms with Crippen LogP contribution in [0.4, 0.5) is 10.1 Å². The summed E-state index contributed by atoms with van der Waals surface area (Å²) in [5, 5.41) is 3.72. The quantitative estimate of drug-likeness (QED) is 0.631. The van der Waals surface area contributed by atoms with Crippen LogP contribution in [-0.2, 0) is 21.4 Å². The number of para-hydroxylation sites is 1. The second kappa shape index (κ2) is 7.81. The number of benzene rings is 2. The summed E-state index contributed by atoms with van der Waals surface area (Å²) in [7, 11) is -4.02. The van der Waals surface area contributed by atoms with E-state index in [0.29, 0.717) is 11.5 Å². The molecule has 0 aliphatic heterocycles. The lowest BCUT2D eigenvalue weighted by Crippen LogP contribution is -2.16. The van der Waals surface area contributed by atoms with Crippen LogP contribution in [0.1, 0.15) is 27.4 Å². The van der Waals surface area contributed by atoms with E-state index in [9.17, 15) is 17.6 Å². The molecule has 2 aromatic carbocycles. The van der Waals surface area contributed by atoms with Crippen LogP contribution < -0.4 is 4.72 Å². The average molecular weight is 404 g/mol. The van der Waals surface area contributed by atoms with Crippen LogP contribution in [0.15, 0.2) is 57.9 Å². The van der Waals surface area contributed by atoms with Crippen LogP contribution in [0.3, 0.4) is 0 Å². The summed E-state index contributed by atoms with van der Waals surface area (Å²) in [4.78, 5) is 12.3. The first kappa shape index (κ1) is 19.6. The number of carbonyl (C=O) groups excluding carboxylic acids is 1. The number of hydrogen-bond donors (Lipinski definition) is 1. The number of rotatable bonds is 6. The second-order valence-corrected chi connectivity index (χ2v) is 7.75. The molecule has 3 rings (SSSR count). The van der Waals surface area contributed by atoms with Crippen molar-refractivity contribution < 1.29 is 26.9 Å². The summed E-state index contributed by atoms with van der Waals surface area (Å²) >= 11 is 0. The molecule has 0 amide bonds. The third-order valence-corrected chi connectivity index (χ3v) is 5.22. The summed E-state index contributed by atoms with van der Waals surface area (Å²) in [6.45, 7) is 3.05. The van der Waals surface area contributed by atoms with Crippen molar-refractivity contribution in [2.24, 2.45) is 0 Å². The van der Waals surface area contributed by atoms with Crippen molar-refractivity contribution in [2.45, 2.75) is 25.3 Å². The number of hydrogen-bond acceptors (Lipinski definition) is 6. The Morgan fingerprint density at radius 3 is 2.61 bits per heavy atom. The van der Waals surface area contributed by atoms with E-state index < -0.39 is 21.8 Å². The van der Waals surface area contributed by atoms with Crippen LogP contribution in [0.5, 0.6) is 0 Å². The van der Waals surface area contributed by atoms with Gasteiger partial charge >= 0.3 is 5.97 Å². The van der Waals surface area contributed by atoms with Gasteiger partial charge in [-0.25, -0.2) is 17.6 Å². The predicted molar refractivity (Wildman–Crippen MR) is 98.7 cm³/mol. The molecule has 0 saturated carbocycles. The van der Waals surface area contributed by atoms with Crippen LogP contribution in [0.25, 0.3) is 0 Å². The molecule has 0 spiro atoms. The molecule has 28 heavy (non-hydrogen) atoms. The lowest BCUT2D eigenvalue weighted by Gasteiger charge is -2.12. The molecule has 7 nitrogen and oxygen atoms in total. The monoisotopic (exact) mass is 404 g/mol. The van der Waals surface area contributed by atoms with Crippen molar-refractivity contribution in [3.05, 3.63) is 76.9 Å². The van der Waals surface area contributed by atoms with Crippen LogP contribution >= 0.6 is 0 Å². The average Bonchev–Trinajstić information content (AvgIpc) is 3.07. The molecule has 1 heterocycles. The van der Waals surface area contributed by atoms with Gasteiger partial charge in [-0.3, -0.25) is 4.72 Å². The van der Waals surface area contributed by atoms with Gasteiger partial charge in [0.25, 0.3) is 10.0 Å². The smallest absolute Gasteiger partial charge is 0.340 e. The number of aryl methyl sites for hydroxylation is 2. The Bertz CT molecular complexity index is 1120. The Labute approximate surface area is 161 Å². The molecule has 0 atom stereocenters. The van der Waals surface area contributed by atoms with Gasteiger partial charge in [0.2, 0.25) is 0 Å². The van der Waals surface area contributed by atoms with Crippen molar-refractivity contribution in [3.63, 3.8) is 0 Å². The van der Waals surface area contributed by atoms with Crippen LogP contribution in [-0.4, -0.2) is 19.5 Å². The molecule has 0 radical (unpaired) electrons. The molecule has 0 bridgehead atoms. The summed E-state index contributed by atoms with van der Waals surface area (Å²) in [5.74, 6) is -0.658. The van der Waals surface area contributed by atoms with Crippen LogP contribution in [0.2, 0.25) is 0 Å². The number of nitrogens with zero attached hydrogens (tertiary/aromatic N) is 1. The topological polar surface area (TPSA) is 98.5 Å². The number of esters is 1. The minimum absolute atomic E-state index is 0.0325. The van der Waals surface area contributed by atoms with Crippen LogP contribution in [0, 0.1) is 19.7 Å². The molecular formula is C19H17FN2O5S. The highest BCUT2D eigenvalue weighted by Gasteiger charge is 2.20. The molecule has 0 aliphatic carbocycles. The van der Waals surface area contributed by atoms with E-state index in [1.54, 1.807) is 25.1 Å². The zero-order valence-electron chi connectivity index (χ0n) is 15.1. The van der Waals surface area contributed by atoms with E-state index in [1.165, 1.54) is 25.1 Å². The maximum atomic E-state index is 13.4. The molecule has 1 aromatic heterocycles. The maximum Gasteiger partial charge on any atom is 0.340 e. The Hall–Kier alpha value is -3.20. The van der Waals surface area contributed by atoms with E-state index >= 15 is 0 Å². The van der Waals surface area contributed by atoms with Crippen molar-refractivity contribution in [3.8, 4) is 0 Å². The zero-order chi connectivity index (χ0) is 20.3. The largest absolute Gasteiger partial charge is 0.455 e. The third-order valence-electron chi connectivity index (χ3n) is 3.86. The maximum absolute atomic E-state index is 13.4. The normalized spacial score (nSPS) is 11.2. The fourth-order valence-corrected chi connectivity index (χ4v) is 3.61. The van der Waals surface area contributed by atoms with Gasteiger partial charge in [-0.1, -0.05) is 17.3 Å². The molecular weight excluding hydrogens is 387 g/mol. The first-order valence-corrected chi connectivity index (χ1v) is 9.72. The van der Waals surface area contributed by atoms with Crippen molar-refractivity contribution in [1.29, 1.82) is 0 Å². The second-order valence-electron chi connectivity index (χ2n) is 6.07. The van der Waals surface area contributed by atoms with Gasteiger partial charge in [-0.15, -0.1) is 0 Å². The number of halogens is 1. The van der Waals surface area contributed by atoms with Gasteiger partial charge < -0.3 is 9.26 Å². The van der Waals surface area contributed by atoms with Gasteiger partial charge in [-0.05, 0) is 49.7 Å². The highest BCUT2D eigenvalue weighted by atomic mass is 32.2. The van der Waals surface area contributed by atoms with E-state index in [1.807, 2.05) is 0 Å². The van der Waals surface area contributed by atoms with Gasteiger partial charge in [0.05, 0.1) is 16.1 Å². The lowest BCUT2D eigenvalue weighted by atomic mass is 10.2. The Balaban J connectivity index is 1.81. The fraction of sp³-hybridized carbons (Fsp3) is 0.158. The van der Waals surface area contributed by atoms with E-state index in [-0.39, 0.29) is 28.3 Å². The lowest BCUT2D eigenvalue weighted by molar-refractivity contribution is 0.0465. The molecule has 0 fully saturated rings. The standard InChI is InChI=1S/C19H17FN2O5S/c1-12-9-15(7-8-17(12)20)28(24,25)22-18-6-4-3-5-16(18)19(23)26-11-14-10-13(2)27-21-14/h3-10,22H,11H2,1-2H3. The number of anilines is 1. The fourth-order valence-electron chi connectivity index (χ4n) is 2.44. The summed E-state index contributed by atoms with van der Waals surface area (Å²) in [6.07, 6.45) is 0. The number of ether oxygens (including phenoxy) is 1. The van der Waals surface area contributed by atoms with Crippen molar-refractivity contribution in [1.82, 2.24) is 5.16 Å². The predicted octanol–water partition coefficient (Wildman–Crippen LogP) is 3.59. The molecule has 146 valence electrons. The molecule has 0 aliphatic rings. The minimum Gasteiger partial charge on any atom is -0.455 e. The molecule has 0 unspecified atom stereocenters. The number of sulfonamides is 1. The number of nitrogens with one attached hydrogen (secondary N) is 1.